The topological polar surface area (TPSA) is 49.4 Å². The molecule has 6 heteroatoms. The summed E-state index contributed by atoms with van der Waals surface area (Å²) >= 11 is 0. The number of anilines is 2. The standard InChI is InChI=1S/C20H22F2N2O2/c1-4-15-7-5-6-13(2)20(15)24(14(3)25)11-10-19(26)23-16-8-9-17(21)18(22)12-16/h5-9,12H,4,10-11H2,1-3H3,(H,23,26). The maximum absolute atomic E-state index is 13.2. The Hall–Kier alpha value is -2.76. The highest BCUT2D eigenvalue weighted by Gasteiger charge is 2.18. The van der Waals surface area contributed by atoms with Crippen LogP contribution in [0.15, 0.2) is 36.4 Å². The maximum atomic E-state index is 13.2. The van der Waals surface area contributed by atoms with Gasteiger partial charge in [-0.25, -0.2) is 8.78 Å². The van der Waals surface area contributed by atoms with Gasteiger partial charge < -0.3 is 10.2 Å². The lowest BCUT2D eigenvalue weighted by Gasteiger charge is -2.25. The molecule has 2 aromatic carbocycles. The number of para-hydroxylation sites is 1. The Balaban J connectivity index is 2.10. The first-order valence-electron chi connectivity index (χ1n) is 8.45. The third kappa shape index (κ3) is 4.65. The largest absolute Gasteiger partial charge is 0.326 e. The summed E-state index contributed by atoms with van der Waals surface area (Å²) in [5, 5.41) is 2.52. The molecule has 0 aliphatic rings. The van der Waals surface area contributed by atoms with Crippen LogP contribution in [0.2, 0.25) is 0 Å². The first kappa shape index (κ1) is 19.6. The lowest BCUT2D eigenvalue weighted by atomic mass is 10.0. The molecule has 0 fully saturated rings. The molecule has 4 nitrogen and oxygen atoms in total. The van der Waals surface area contributed by atoms with E-state index in [0.717, 1.165) is 35.4 Å². The molecule has 0 aliphatic heterocycles. The van der Waals surface area contributed by atoms with Crippen molar-refractivity contribution in [2.45, 2.75) is 33.6 Å². The molecule has 0 unspecified atom stereocenters. The molecule has 0 atom stereocenters. The number of halogens is 2. The lowest BCUT2D eigenvalue weighted by molar-refractivity contribution is -0.117. The van der Waals surface area contributed by atoms with Crippen LogP contribution in [0.3, 0.4) is 0 Å². The third-order valence-electron chi connectivity index (χ3n) is 4.12. The predicted octanol–water partition coefficient (Wildman–Crippen LogP) is 4.22. The van der Waals surface area contributed by atoms with Gasteiger partial charge in [0.05, 0.1) is 0 Å². The highest BCUT2D eigenvalue weighted by molar-refractivity contribution is 5.95. The van der Waals surface area contributed by atoms with Gasteiger partial charge in [0, 0.05) is 37.3 Å². The van der Waals surface area contributed by atoms with Crippen molar-refractivity contribution in [2.24, 2.45) is 0 Å². The molecule has 0 heterocycles. The fourth-order valence-corrected chi connectivity index (χ4v) is 2.83. The van der Waals surface area contributed by atoms with Crippen LogP contribution in [-0.2, 0) is 16.0 Å². The predicted molar refractivity (Wildman–Crippen MR) is 98.2 cm³/mol. The quantitative estimate of drug-likeness (QED) is 0.839. The second-order valence-electron chi connectivity index (χ2n) is 6.03. The van der Waals surface area contributed by atoms with Crippen LogP contribution < -0.4 is 10.2 Å². The number of nitrogens with one attached hydrogen (secondary N) is 1. The molecule has 2 amide bonds. The van der Waals surface area contributed by atoms with Crippen molar-refractivity contribution in [3.8, 4) is 0 Å². The van der Waals surface area contributed by atoms with Crippen LogP contribution in [0.25, 0.3) is 0 Å². The van der Waals surface area contributed by atoms with Crippen molar-refractivity contribution in [2.75, 3.05) is 16.8 Å². The monoisotopic (exact) mass is 360 g/mol. The van der Waals surface area contributed by atoms with E-state index in [4.69, 9.17) is 0 Å². The number of carbonyl (C=O) groups is 2. The van der Waals surface area contributed by atoms with Crippen molar-refractivity contribution in [1.29, 1.82) is 0 Å². The summed E-state index contributed by atoms with van der Waals surface area (Å²) in [6.45, 7) is 5.58. The van der Waals surface area contributed by atoms with Crippen molar-refractivity contribution >= 4 is 23.2 Å². The smallest absolute Gasteiger partial charge is 0.226 e. The zero-order chi connectivity index (χ0) is 19.3. The molecule has 0 aromatic heterocycles. The van der Waals surface area contributed by atoms with E-state index in [1.807, 2.05) is 32.0 Å². The molecule has 0 radical (unpaired) electrons. The Morgan fingerprint density at radius 3 is 2.46 bits per heavy atom. The van der Waals surface area contributed by atoms with Crippen LogP contribution in [-0.4, -0.2) is 18.4 Å². The summed E-state index contributed by atoms with van der Waals surface area (Å²) in [7, 11) is 0. The van der Waals surface area contributed by atoms with E-state index < -0.39 is 11.6 Å². The zero-order valence-corrected chi connectivity index (χ0v) is 15.1. The molecular weight excluding hydrogens is 338 g/mol. The molecule has 138 valence electrons. The summed E-state index contributed by atoms with van der Waals surface area (Å²) in [5.74, 6) is -2.54. The molecule has 1 N–H and O–H groups in total. The summed E-state index contributed by atoms with van der Waals surface area (Å²) in [4.78, 5) is 25.8. The van der Waals surface area contributed by atoms with Gasteiger partial charge >= 0.3 is 0 Å². The van der Waals surface area contributed by atoms with Crippen LogP contribution in [0.1, 0.15) is 31.4 Å². The molecule has 0 spiro atoms. The molecule has 0 saturated heterocycles. The normalized spacial score (nSPS) is 10.5. The van der Waals surface area contributed by atoms with Gasteiger partial charge in [0.15, 0.2) is 11.6 Å². The van der Waals surface area contributed by atoms with Gasteiger partial charge in [0.1, 0.15) is 0 Å². The fraction of sp³-hybridized carbons (Fsp3) is 0.300. The minimum atomic E-state index is -1.03. The van der Waals surface area contributed by atoms with Gasteiger partial charge in [-0.2, -0.15) is 0 Å². The number of nitrogens with zero attached hydrogens (tertiary/aromatic N) is 1. The van der Waals surface area contributed by atoms with Gasteiger partial charge in [-0.15, -0.1) is 0 Å². The first-order valence-corrected chi connectivity index (χ1v) is 8.45. The number of benzene rings is 2. The van der Waals surface area contributed by atoms with Crippen molar-refractivity contribution in [1.82, 2.24) is 0 Å². The minimum absolute atomic E-state index is 0.0378. The molecule has 2 aromatic rings. The fourth-order valence-electron chi connectivity index (χ4n) is 2.83. The molecule has 2 rings (SSSR count). The average molecular weight is 360 g/mol. The van der Waals surface area contributed by atoms with Gasteiger partial charge in [-0.3, -0.25) is 9.59 Å². The maximum Gasteiger partial charge on any atom is 0.226 e. The Labute approximate surface area is 151 Å². The van der Waals surface area contributed by atoms with Crippen LogP contribution in [0.5, 0.6) is 0 Å². The Morgan fingerprint density at radius 2 is 1.85 bits per heavy atom. The van der Waals surface area contributed by atoms with Crippen LogP contribution >= 0.6 is 0 Å². The van der Waals surface area contributed by atoms with E-state index in [2.05, 4.69) is 5.32 Å². The van der Waals surface area contributed by atoms with Gasteiger partial charge in [0.2, 0.25) is 11.8 Å². The number of amides is 2. The van der Waals surface area contributed by atoms with Gasteiger partial charge in [0.25, 0.3) is 0 Å². The summed E-state index contributed by atoms with van der Waals surface area (Å²) in [6.07, 6.45) is 0.803. The molecular formula is C20H22F2N2O2. The van der Waals surface area contributed by atoms with Crippen molar-refractivity contribution in [3.05, 3.63) is 59.2 Å². The minimum Gasteiger partial charge on any atom is -0.326 e. The van der Waals surface area contributed by atoms with Crippen LogP contribution in [0.4, 0.5) is 20.2 Å². The van der Waals surface area contributed by atoms with Crippen LogP contribution in [0, 0.1) is 18.6 Å². The zero-order valence-electron chi connectivity index (χ0n) is 15.1. The number of carbonyl (C=O) groups excluding carboxylic acids is 2. The van der Waals surface area contributed by atoms with E-state index in [1.165, 1.54) is 13.0 Å². The molecule has 0 bridgehead atoms. The lowest BCUT2D eigenvalue weighted by Crippen LogP contribution is -2.33. The average Bonchev–Trinajstić information content (AvgIpc) is 2.59. The number of hydrogen-bond acceptors (Lipinski definition) is 2. The van der Waals surface area contributed by atoms with Gasteiger partial charge in [-0.05, 0) is 36.6 Å². The van der Waals surface area contributed by atoms with E-state index in [1.54, 1.807) is 4.90 Å². The van der Waals surface area contributed by atoms with Crippen molar-refractivity contribution < 1.29 is 18.4 Å². The van der Waals surface area contributed by atoms with E-state index in [-0.39, 0.29) is 30.5 Å². The number of aryl methyl sites for hydroxylation is 2. The second kappa shape index (κ2) is 8.56. The first-order chi connectivity index (χ1) is 12.3. The Morgan fingerprint density at radius 1 is 1.12 bits per heavy atom. The molecule has 0 saturated carbocycles. The Bertz CT molecular complexity index is 821. The molecule has 26 heavy (non-hydrogen) atoms. The highest BCUT2D eigenvalue weighted by atomic mass is 19.2. The SMILES string of the molecule is CCc1cccc(C)c1N(CCC(=O)Nc1ccc(F)c(F)c1)C(C)=O. The highest BCUT2D eigenvalue weighted by Crippen LogP contribution is 2.26. The summed E-state index contributed by atoms with van der Waals surface area (Å²) < 4.78 is 26.2. The van der Waals surface area contributed by atoms with E-state index >= 15 is 0 Å². The molecule has 0 aliphatic carbocycles. The second-order valence-corrected chi connectivity index (χ2v) is 6.03. The number of hydrogen-bond donors (Lipinski definition) is 1. The van der Waals surface area contributed by atoms with Gasteiger partial charge in [-0.1, -0.05) is 25.1 Å². The summed E-state index contributed by atoms with van der Waals surface area (Å²) in [6, 6.07) is 8.98. The van der Waals surface area contributed by atoms with E-state index in [9.17, 15) is 18.4 Å². The number of rotatable bonds is 6. The Kier molecular flexibility index (Phi) is 6.44. The third-order valence-corrected chi connectivity index (χ3v) is 4.12. The summed E-state index contributed by atoms with van der Waals surface area (Å²) in [5.41, 5.74) is 2.98. The van der Waals surface area contributed by atoms with Crippen molar-refractivity contribution in [3.63, 3.8) is 0 Å². The van der Waals surface area contributed by atoms with E-state index in [0.29, 0.717) is 0 Å².